The van der Waals surface area contributed by atoms with E-state index in [-0.39, 0.29) is 17.9 Å². The van der Waals surface area contributed by atoms with Gasteiger partial charge < -0.3 is 14.4 Å². The number of thioether (sulfide) groups is 1. The van der Waals surface area contributed by atoms with Crippen molar-refractivity contribution in [3.05, 3.63) is 41.8 Å². The fourth-order valence-electron chi connectivity index (χ4n) is 2.60. The molecular formula is C19H22N4O5S3. The number of aliphatic carboxylic acids is 1. The molecule has 0 saturated carbocycles. The summed E-state index contributed by atoms with van der Waals surface area (Å²) in [5.74, 6) is 0.889. The van der Waals surface area contributed by atoms with Crippen molar-refractivity contribution in [3.8, 4) is 16.5 Å². The van der Waals surface area contributed by atoms with Gasteiger partial charge in [0.15, 0.2) is 11.0 Å². The first kappa shape index (κ1) is 23.3. The third-order valence-corrected chi connectivity index (χ3v) is 7.82. The van der Waals surface area contributed by atoms with Gasteiger partial charge in [0.05, 0.1) is 22.8 Å². The van der Waals surface area contributed by atoms with E-state index in [1.165, 1.54) is 49.3 Å². The van der Waals surface area contributed by atoms with Gasteiger partial charge in [-0.15, -0.1) is 21.5 Å². The SMILES string of the molecule is CN(C)S(=O)(=O)c1ccc(OCCSc2nnc(-c3cccs3)n2CCC(=O)O)cc1. The molecule has 0 aliphatic heterocycles. The fourth-order valence-corrected chi connectivity index (χ4v) is 5.00. The van der Waals surface area contributed by atoms with E-state index in [0.29, 0.717) is 29.1 Å². The van der Waals surface area contributed by atoms with Crippen molar-refractivity contribution in [2.24, 2.45) is 0 Å². The number of carboxylic acid groups (broad SMARTS) is 1. The van der Waals surface area contributed by atoms with E-state index < -0.39 is 16.0 Å². The summed E-state index contributed by atoms with van der Waals surface area (Å²) in [5, 5.41) is 20.0. The molecule has 0 bridgehead atoms. The van der Waals surface area contributed by atoms with Crippen molar-refractivity contribution < 1.29 is 23.1 Å². The van der Waals surface area contributed by atoms with Gasteiger partial charge in [-0.2, -0.15) is 0 Å². The predicted molar refractivity (Wildman–Crippen MR) is 119 cm³/mol. The van der Waals surface area contributed by atoms with Crippen molar-refractivity contribution in [1.82, 2.24) is 19.1 Å². The molecule has 0 spiro atoms. The number of thiophene rings is 1. The molecule has 166 valence electrons. The highest BCUT2D eigenvalue weighted by Crippen LogP contribution is 2.27. The zero-order valence-corrected chi connectivity index (χ0v) is 19.4. The molecule has 1 N–H and O–H groups in total. The Labute approximate surface area is 188 Å². The van der Waals surface area contributed by atoms with Crippen LogP contribution in [-0.4, -0.2) is 65.0 Å². The molecule has 0 aliphatic rings. The van der Waals surface area contributed by atoms with Gasteiger partial charge in [-0.25, -0.2) is 12.7 Å². The van der Waals surface area contributed by atoms with E-state index in [1.807, 2.05) is 22.1 Å². The number of nitrogens with zero attached hydrogens (tertiary/aromatic N) is 4. The van der Waals surface area contributed by atoms with Crippen LogP contribution in [0.15, 0.2) is 51.8 Å². The zero-order chi connectivity index (χ0) is 22.4. The van der Waals surface area contributed by atoms with Crippen LogP contribution in [0, 0.1) is 0 Å². The van der Waals surface area contributed by atoms with E-state index in [9.17, 15) is 13.2 Å². The lowest BCUT2D eigenvalue weighted by atomic mass is 10.3. The molecule has 3 rings (SSSR count). The number of aromatic nitrogens is 3. The minimum atomic E-state index is -3.47. The molecule has 31 heavy (non-hydrogen) atoms. The Kier molecular flexibility index (Phi) is 7.70. The minimum absolute atomic E-state index is 0.0251. The summed E-state index contributed by atoms with van der Waals surface area (Å²) >= 11 is 2.94. The van der Waals surface area contributed by atoms with Crippen LogP contribution in [-0.2, 0) is 21.4 Å². The van der Waals surface area contributed by atoms with Gasteiger partial charge in [0.2, 0.25) is 10.0 Å². The Balaban J connectivity index is 1.60. The zero-order valence-electron chi connectivity index (χ0n) is 17.0. The van der Waals surface area contributed by atoms with Gasteiger partial charge in [-0.1, -0.05) is 17.8 Å². The summed E-state index contributed by atoms with van der Waals surface area (Å²) in [6.45, 7) is 0.644. The van der Waals surface area contributed by atoms with Crippen molar-refractivity contribution in [3.63, 3.8) is 0 Å². The third kappa shape index (κ3) is 5.85. The number of sulfonamides is 1. The van der Waals surface area contributed by atoms with Crippen LogP contribution in [0.25, 0.3) is 10.7 Å². The summed E-state index contributed by atoms with van der Waals surface area (Å²) in [6.07, 6.45) is -0.0251. The number of hydrogen-bond acceptors (Lipinski definition) is 8. The number of ether oxygens (including phenoxy) is 1. The number of carboxylic acids is 1. The second-order valence-electron chi connectivity index (χ2n) is 6.53. The topological polar surface area (TPSA) is 115 Å². The van der Waals surface area contributed by atoms with Crippen molar-refractivity contribution >= 4 is 39.1 Å². The summed E-state index contributed by atoms with van der Waals surface area (Å²) in [7, 11) is -0.509. The Morgan fingerprint density at radius 2 is 1.97 bits per heavy atom. The lowest BCUT2D eigenvalue weighted by Gasteiger charge is -2.12. The first-order valence-electron chi connectivity index (χ1n) is 9.26. The van der Waals surface area contributed by atoms with E-state index in [0.717, 1.165) is 9.18 Å². The molecule has 0 aliphatic carbocycles. The summed E-state index contributed by atoms with van der Waals surface area (Å²) in [6, 6.07) is 10.1. The highest BCUT2D eigenvalue weighted by molar-refractivity contribution is 7.99. The van der Waals surface area contributed by atoms with Gasteiger partial charge in [-0.05, 0) is 35.7 Å². The summed E-state index contributed by atoms with van der Waals surface area (Å²) in [5.41, 5.74) is 0. The second-order valence-corrected chi connectivity index (χ2v) is 10.7. The van der Waals surface area contributed by atoms with Crippen LogP contribution in [0.5, 0.6) is 5.75 Å². The predicted octanol–water partition coefficient (Wildman–Crippen LogP) is 2.90. The average molecular weight is 483 g/mol. The molecular weight excluding hydrogens is 460 g/mol. The minimum Gasteiger partial charge on any atom is -0.493 e. The van der Waals surface area contributed by atoms with Crippen molar-refractivity contribution in [2.45, 2.75) is 23.0 Å². The van der Waals surface area contributed by atoms with Gasteiger partial charge in [0, 0.05) is 26.4 Å². The van der Waals surface area contributed by atoms with E-state index in [1.54, 1.807) is 12.1 Å². The summed E-state index contributed by atoms with van der Waals surface area (Å²) < 4.78 is 32.9. The normalized spacial score (nSPS) is 11.7. The Morgan fingerprint density at radius 3 is 2.58 bits per heavy atom. The molecule has 3 aromatic rings. The molecule has 1 aromatic carbocycles. The first-order valence-corrected chi connectivity index (χ1v) is 12.6. The van der Waals surface area contributed by atoms with Gasteiger partial charge in [0.25, 0.3) is 0 Å². The lowest BCUT2D eigenvalue weighted by Crippen LogP contribution is -2.22. The highest BCUT2D eigenvalue weighted by Gasteiger charge is 2.17. The molecule has 0 atom stereocenters. The Hall–Kier alpha value is -2.41. The van der Waals surface area contributed by atoms with E-state index >= 15 is 0 Å². The first-order chi connectivity index (χ1) is 14.8. The van der Waals surface area contributed by atoms with Crippen LogP contribution in [0.2, 0.25) is 0 Å². The van der Waals surface area contributed by atoms with Gasteiger partial charge in [-0.3, -0.25) is 4.79 Å². The number of rotatable bonds is 11. The van der Waals surface area contributed by atoms with Gasteiger partial charge >= 0.3 is 5.97 Å². The molecule has 0 saturated heterocycles. The molecule has 2 heterocycles. The molecule has 0 radical (unpaired) electrons. The van der Waals surface area contributed by atoms with Crippen LogP contribution < -0.4 is 4.74 Å². The molecule has 0 unspecified atom stereocenters. The van der Waals surface area contributed by atoms with Crippen LogP contribution in [0.4, 0.5) is 0 Å². The largest absolute Gasteiger partial charge is 0.493 e. The fraction of sp³-hybridized carbons (Fsp3) is 0.316. The number of carbonyl (C=O) groups is 1. The molecule has 9 nitrogen and oxygen atoms in total. The standard InChI is InChI=1S/C19H22N4O5S3/c1-22(2)31(26,27)15-7-5-14(6-8-15)28-11-13-30-19-21-20-18(16-4-3-12-29-16)23(19)10-9-17(24)25/h3-8,12H,9-11,13H2,1-2H3,(H,24,25). The molecule has 2 aromatic heterocycles. The van der Waals surface area contributed by atoms with Crippen molar-refractivity contribution in [2.75, 3.05) is 26.5 Å². The highest BCUT2D eigenvalue weighted by atomic mass is 32.2. The maximum Gasteiger partial charge on any atom is 0.305 e. The van der Waals surface area contributed by atoms with E-state index in [4.69, 9.17) is 9.84 Å². The van der Waals surface area contributed by atoms with Crippen LogP contribution >= 0.6 is 23.1 Å². The number of benzene rings is 1. The lowest BCUT2D eigenvalue weighted by molar-refractivity contribution is -0.137. The molecule has 0 fully saturated rings. The third-order valence-electron chi connectivity index (χ3n) is 4.19. The molecule has 0 amide bonds. The quantitative estimate of drug-likeness (QED) is 0.328. The maximum atomic E-state index is 12.1. The Morgan fingerprint density at radius 1 is 1.23 bits per heavy atom. The van der Waals surface area contributed by atoms with Crippen LogP contribution in [0.3, 0.4) is 0 Å². The molecule has 12 heteroatoms. The van der Waals surface area contributed by atoms with Gasteiger partial charge in [0.1, 0.15) is 5.75 Å². The number of hydrogen-bond donors (Lipinski definition) is 1. The smallest absolute Gasteiger partial charge is 0.305 e. The van der Waals surface area contributed by atoms with E-state index in [2.05, 4.69) is 10.2 Å². The van der Waals surface area contributed by atoms with Crippen LogP contribution in [0.1, 0.15) is 6.42 Å². The second kappa shape index (κ2) is 10.3. The average Bonchev–Trinajstić information content (AvgIpc) is 3.39. The Bertz CT molecular complexity index is 1110. The maximum absolute atomic E-state index is 12.1. The monoisotopic (exact) mass is 482 g/mol. The van der Waals surface area contributed by atoms with Crippen molar-refractivity contribution in [1.29, 1.82) is 0 Å². The summed E-state index contributed by atoms with van der Waals surface area (Å²) in [4.78, 5) is 12.2.